The molecule has 1 unspecified atom stereocenters. The summed E-state index contributed by atoms with van der Waals surface area (Å²) in [4.78, 5) is 1.37. The Morgan fingerprint density at radius 2 is 2.06 bits per heavy atom. The number of benzene rings is 1. The Morgan fingerprint density at radius 3 is 2.56 bits per heavy atom. The van der Waals surface area contributed by atoms with E-state index in [9.17, 15) is 13.9 Å². The smallest absolute Gasteiger partial charge is 0.182 e. The van der Waals surface area contributed by atoms with Crippen LogP contribution < -0.4 is 4.90 Å². The molecule has 1 rings (SSSR count). The van der Waals surface area contributed by atoms with Crippen LogP contribution in [0.3, 0.4) is 0 Å². The topological polar surface area (TPSA) is 47.3 Å². The number of rotatable bonds is 3. The van der Waals surface area contributed by atoms with Crippen molar-refractivity contribution < 1.29 is 13.9 Å². The van der Waals surface area contributed by atoms with Crippen LogP contribution in [0.1, 0.15) is 18.1 Å². The molecule has 1 aromatic rings. The molecule has 0 aliphatic heterocycles. The summed E-state index contributed by atoms with van der Waals surface area (Å²) in [6.07, 6.45) is -1.27. The number of aliphatic hydroxyl groups is 1. The van der Waals surface area contributed by atoms with Gasteiger partial charge < -0.3 is 10.0 Å². The fourth-order valence-corrected chi connectivity index (χ4v) is 1.47. The first kappa shape index (κ1) is 12.4. The molecule has 86 valence electrons. The quantitative estimate of drug-likeness (QED) is 0.857. The SMILES string of the molecule is CN(C)c1c(C(O)CC#N)ccc(F)c1F. The standard InChI is InChI=1S/C11H12F2N2O/c1-15(2)11-7(9(16)5-6-14)3-4-8(12)10(11)13/h3-4,9,16H,5H2,1-2H3. The Bertz CT molecular complexity index is 427. The molecule has 1 atom stereocenters. The van der Waals surface area contributed by atoms with E-state index in [1.165, 1.54) is 11.0 Å². The Kier molecular flexibility index (Phi) is 3.80. The first-order chi connectivity index (χ1) is 7.49. The molecule has 0 saturated carbocycles. The van der Waals surface area contributed by atoms with E-state index in [-0.39, 0.29) is 17.7 Å². The lowest BCUT2D eigenvalue weighted by Gasteiger charge is -2.20. The van der Waals surface area contributed by atoms with Gasteiger partial charge in [-0.05, 0) is 6.07 Å². The van der Waals surface area contributed by atoms with E-state index < -0.39 is 17.7 Å². The molecule has 1 N–H and O–H groups in total. The van der Waals surface area contributed by atoms with Gasteiger partial charge in [0, 0.05) is 19.7 Å². The summed E-state index contributed by atoms with van der Waals surface area (Å²) in [6.45, 7) is 0. The van der Waals surface area contributed by atoms with E-state index >= 15 is 0 Å². The molecular formula is C11H12F2N2O. The van der Waals surface area contributed by atoms with Gasteiger partial charge in [0.1, 0.15) is 0 Å². The first-order valence-corrected chi connectivity index (χ1v) is 4.69. The van der Waals surface area contributed by atoms with E-state index in [1.807, 2.05) is 0 Å². The average molecular weight is 226 g/mol. The van der Waals surface area contributed by atoms with Gasteiger partial charge in [-0.3, -0.25) is 0 Å². The molecule has 0 amide bonds. The largest absolute Gasteiger partial charge is 0.387 e. The lowest BCUT2D eigenvalue weighted by Crippen LogP contribution is -2.16. The highest BCUT2D eigenvalue weighted by atomic mass is 19.2. The molecule has 0 aliphatic carbocycles. The van der Waals surface area contributed by atoms with Crippen LogP contribution in [-0.4, -0.2) is 19.2 Å². The Hall–Kier alpha value is -1.67. The Morgan fingerprint density at radius 1 is 1.44 bits per heavy atom. The second kappa shape index (κ2) is 4.90. The van der Waals surface area contributed by atoms with Crippen molar-refractivity contribution in [3.63, 3.8) is 0 Å². The van der Waals surface area contributed by atoms with Crippen molar-refractivity contribution in [2.75, 3.05) is 19.0 Å². The van der Waals surface area contributed by atoms with Gasteiger partial charge in [-0.15, -0.1) is 0 Å². The molecule has 5 heteroatoms. The zero-order valence-corrected chi connectivity index (χ0v) is 9.04. The van der Waals surface area contributed by atoms with Crippen molar-refractivity contribution in [1.82, 2.24) is 0 Å². The third-order valence-corrected chi connectivity index (χ3v) is 2.19. The van der Waals surface area contributed by atoms with Crippen LogP contribution in [0, 0.1) is 23.0 Å². The molecule has 0 heterocycles. The van der Waals surface area contributed by atoms with Crippen LogP contribution in [0.4, 0.5) is 14.5 Å². The summed E-state index contributed by atoms with van der Waals surface area (Å²) in [7, 11) is 3.08. The van der Waals surface area contributed by atoms with Gasteiger partial charge in [0.2, 0.25) is 0 Å². The number of nitriles is 1. The summed E-state index contributed by atoms with van der Waals surface area (Å²) in [5.74, 6) is -1.99. The summed E-state index contributed by atoms with van der Waals surface area (Å²) >= 11 is 0. The van der Waals surface area contributed by atoms with Crippen molar-refractivity contribution >= 4 is 5.69 Å². The van der Waals surface area contributed by atoms with Crippen LogP contribution in [0.25, 0.3) is 0 Å². The summed E-state index contributed by atoms with van der Waals surface area (Å²) < 4.78 is 26.5. The number of anilines is 1. The highest BCUT2D eigenvalue weighted by Gasteiger charge is 2.20. The molecule has 0 fully saturated rings. The number of halogens is 2. The molecular weight excluding hydrogens is 214 g/mol. The lowest BCUT2D eigenvalue weighted by atomic mass is 10.0. The van der Waals surface area contributed by atoms with Crippen LogP contribution in [0.2, 0.25) is 0 Å². The van der Waals surface area contributed by atoms with Gasteiger partial charge in [-0.1, -0.05) is 6.07 Å². The zero-order valence-electron chi connectivity index (χ0n) is 9.04. The van der Waals surface area contributed by atoms with E-state index in [4.69, 9.17) is 5.26 Å². The molecule has 0 spiro atoms. The van der Waals surface area contributed by atoms with E-state index in [2.05, 4.69) is 0 Å². The van der Waals surface area contributed by atoms with E-state index in [1.54, 1.807) is 20.2 Å². The molecule has 3 nitrogen and oxygen atoms in total. The molecule has 0 bridgehead atoms. The van der Waals surface area contributed by atoms with Gasteiger partial charge in [-0.25, -0.2) is 8.78 Å². The molecule has 0 aliphatic rings. The van der Waals surface area contributed by atoms with Crippen molar-refractivity contribution in [3.8, 4) is 6.07 Å². The highest BCUT2D eigenvalue weighted by molar-refractivity contribution is 5.55. The van der Waals surface area contributed by atoms with Crippen LogP contribution in [-0.2, 0) is 0 Å². The Labute approximate surface area is 92.5 Å². The van der Waals surface area contributed by atoms with Crippen LogP contribution >= 0.6 is 0 Å². The van der Waals surface area contributed by atoms with Crippen molar-refractivity contribution in [2.24, 2.45) is 0 Å². The minimum absolute atomic E-state index is 0.0252. The highest BCUT2D eigenvalue weighted by Crippen LogP contribution is 2.30. The second-order valence-electron chi connectivity index (χ2n) is 3.57. The monoisotopic (exact) mass is 226 g/mol. The minimum atomic E-state index is -1.11. The van der Waals surface area contributed by atoms with Crippen molar-refractivity contribution in [3.05, 3.63) is 29.3 Å². The molecule has 16 heavy (non-hydrogen) atoms. The normalized spacial score (nSPS) is 12.0. The molecule has 0 aromatic heterocycles. The van der Waals surface area contributed by atoms with Gasteiger partial charge >= 0.3 is 0 Å². The summed E-state index contributed by atoms with van der Waals surface area (Å²) in [5, 5.41) is 18.1. The first-order valence-electron chi connectivity index (χ1n) is 4.69. The van der Waals surface area contributed by atoms with E-state index in [0.717, 1.165) is 6.07 Å². The third kappa shape index (κ3) is 2.28. The molecule has 1 aromatic carbocycles. The predicted molar refractivity (Wildman–Crippen MR) is 55.9 cm³/mol. The maximum absolute atomic E-state index is 13.5. The molecule has 0 saturated heterocycles. The number of nitrogens with zero attached hydrogens (tertiary/aromatic N) is 2. The second-order valence-corrected chi connectivity index (χ2v) is 3.57. The van der Waals surface area contributed by atoms with Crippen molar-refractivity contribution in [1.29, 1.82) is 5.26 Å². The summed E-state index contributed by atoms with van der Waals surface area (Å²) in [5.41, 5.74) is 0.188. The number of hydrogen-bond acceptors (Lipinski definition) is 3. The van der Waals surface area contributed by atoms with Crippen molar-refractivity contribution in [2.45, 2.75) is 12.5 Å². The fraction of sp³-hybridized carbons (Fsp3) is 0.364. The minimum Gasteiger partial charge on any atom is -0.387 e. The van der Waals surface area contributed by atoms with Gasteiger partial charge in [0.05, 0.1) is 24.3 Å². The summed E-state index contributed by atoms with van der Waals surface area (Å²) in [6, 6.07) is 4.01. The number of aliphatic hydroxyl groups excluding tert-OH is 1. The predicted octanol–water partition coefficient (Wildman–Crippen LogP) is 1.98. The van der Waals surface area contributed by atoms with Crippen LogP contribution in [0.5, 0.6) is 0 Å². The third-order valence-electron chi connectivity index (χ3n) is 2.19. The zero-order chi connectivity index (χ0) is 12.3. The van der Waals surface area contributed by atoms with Gasteiger partial charge in [-0.2, -0.15) is 5.26 Å². The maximum atomic E-state index is 13.5. The fourth-order valence-electron chi connectivity index (χ4n) is 1.47. The van der Waals surface area contributed by atoms with Gasteiger partial charge in [0.15, 0.2) is 11.6 Å². The lowest BCUT2D eigenvalue weighted by molar-refractivity contribution is 0.183. The Balaban J connectivity index is 3.29. The number of hydrogen-bond donors (Lipinski definition) is 1. The van der Waals surface area contributed by atoms with E-state index in [0.29, 0.717) is 0 Å². The maximum Gasteiger partial charge on any atom is 0.182 e. The average Bonchev–Trinajstić information content (AvgIpc) is 2.21. The van der Waals surface area contributed by atoms with Crippen LogP contribution in [0.15, 0.2) is 12.1 Å². The molecule has 0 radical (unpaired) electrons. The van der Waals surface area contributed by atoms with Gasteiger partial charge in [0.25, 0.3) is 0 Å².